The SMILES string of the molecule is CN(C)c1ncc(CN)c(C2CC2)n1. The van der Waals surface area contributed by atoms with Gasteiger partial charge in [-0.2, -0.15) is 0 Å². The first kappa shape index (κ1) is 9.40. The lowest BCUT2D eigenvalue weighted by Gasteiger charge is -2.13. The van der Waals surface area contributed by atoms with Crippen LogP contribution in [0, 0.1) is 0 Å². The maximum atomic E-state index is 5.65. The zero-order valence-corrected chi connectivity index (χ0v) is 8.70. The molecule has 0 aliphatic heterocycles. The van der Waals surface area contributed by atoms with E-state index < -0.39 is 0 Å². The molecule has 14 heavy (non-hydrogen) atoms. The summed E-state index contributed by atoms with van der Waals surface area (Å²) in [7, 11) is 3.91. The summed E-state index contributed by atoms with van der Waals surface area (Å²) in [5, 5.41) is 0. The Kier molecular flexibility index (Phi) is 2.37. The van der Waals surface area contributed by atoms with Crippen molar-refractivity contribution in [2.24, 2.45) is 5.73 Å². The van der Waals surface area contributed by atoms with Crippen LogP contribution in [0.2, 0.25) is 0 Å². The van der Waals surface area contributed by atoms with E-state index in [2.05, 4.69) is 9.97 Å². The minimum absolute atomic E-state index is 0.541. The Hall–Kier alpha value is -1.16. The Morgan fingerprint density at radius 1 is 1.50 bits per heavy atom. The van der Waals surface area contributed by atoms with E-state index in [9.17, 15) is 0 Å². The van der Waals surface area contributed by atoms with Crippen LogP contribution in [-0.2, 0) is 6.54 Å². The average Bonchev–Trinajstić information content (AvgIpc) is 3.00. The first-order valence-corrected chi connectivity index (χ1v) is 4.95. The van der Waals surface area contributed by atoms with Crippen molar-refractivity contribution in [3.05, 3.63) is 17.5 Å². The van der Waals surface area contributed by atoms with Crippen LogP contribution < -0.4 is 10.6 Å². The summed E-state index contributed by atoms with van der Waals surface area (Å²) in [4.78, 5) is 10.7. The fourth-order valence-electron chi connectivity index (χ4n) is 1.49. The molecule has 2 N–H and O–H groups in total. The Bertz CT molecular complexity index is 331. The Morgan fingerprint density at radius 2 is 2.21 bits per heavy atom. The smallest absolute Gasteiger partial charge is 0.225 e. The molecule has 4 heteroatoms. The van der Waals surface area contributed by atoms with Gasteiger partial charge in [0.05, 0.1) is 5.69 Å². The highest BCUT2D eigenvalue weighted by atomic mass is 15.2. The van der Waals surface area contributed by atoms with Crippen molar-refractivity contribution in [3.63, 3.8) is 0 Å². The summed E-state index contributed by atoms with van der Waals surface area (Å²) < 4.78 is 0. The van der Waals surface area contributed by atoms with E-state index in [0.29, 0.717) is 12.5 Å². The minimum atomic E-state index is 0.541. The largest absolute Gasteiger partial charge is 0.347 e. The number of anilines is 1. The highest BCUT2D eigenvalue weighted by Crippen LogP contribution is 2.40. The van der Waals surface area contributed by atoms with E-state index in [1.165, 1.54) is 12.8 Å². The minimum Gasteiger partial charge on any atom is -0.347 e. The summed E-state index contributed by atoms with van der Waals surface area (Å²) in [6.45, 7) is 0.541. The van der Waals surface area contributed by atoms with E-state index in [1.54, 1.807) is 0 Å². The van der Waals surface area contributed by atoms with Crippen molar-refractivity contribution < 1.29 is 0 Å². The van der Waals surface area contributed by atoms with Gasteiger partial charge in [-0.15, -0.1) is 0 Å². The maximum Gasteiger partial charge on any atom is 0.225 e. The lowest BCUT2D eigenvalue weighted by atomic mass is 10.1. The molecule has 1 fully saturated rings. The van der Waals surface area contributed by atoms with Crippen LogP contribution in [0.3, 0.4) is 0 Å². The summed E-state index contributed by atoms with van der Waals surface area (Å²) >= 11 is 0. The molecule has 0 saturated heterocycles. The molecule has 0 bridgehead atoms. The van der Waals surface area contributed by atoms with E-state index in [-0.39, 0.29) is 0 Å². The average molecular weight is 192 g/mol. The van der Waals surface area contributed by atoms with Crippen LogP contribution in [0.25, 0.3) is 0 Å². The van der Waals surface area contributed by atoms with E-state index in [1.807, 2.05) is 25.2 Å². The molecule has 0 unspecified atom stereocenters. The van der Waals surface area contributed by atoms with E-state index in [4.69, 9.17) is 5.73 Å². The second-order valence-electron chi connectivity index (χ2n) is 3.95. The van der Waals surface area contributed by atoms with Crippen LogP contribution in [-0.4, -0.2) is 24.1 Å². The maximum absolute atomic E-state index is 5.65. The fourth-order valence-corrected chi connectivity index (χ4v) is 1.49. The molecule has 0 amide bonds. The number of aromatic nitrogens is 2. The van der Waals surface area contributed by atoms with Crippen molar-refractivity contribution >= 4 is 5.95 Å². The molecule has 1 saturated carbocycles. The molecule has 1 aromatic heterocycles. The first-order valence-electron chi connectivity index (χ1n) is 4.95. The normalized spacial score (nSPS) is 15.6. The van der Waals surface area contributed by atoms with Crippen molar-refractivity contribution in [1.29, 1.82) is 0 Å². The van der Waals surface area contributed by atoms with Gasteiger partial charge in [0, 0.05) is 38.3 Å². The number of nitrogens with two attached hydrogens (primary N) is 1. The molecular weight excluding hydrogens is 176 g/mol. The van der Waals surface area contributed by atoms with Gasteiger partial charge in [0.25, 0.3) is 0 Å². The van der Waals surface area contributed by atoms with Crippen molar-refractivity contribution in [3.8, 4) is 0 Å². The first-order chi connectivity index (χ1) is 6.72. The second-order valence-corrected chi connectivity index (χ2v) is 3.95. The molecule has 76 valence electrons. The molecule has 1 aliphatic rings. The van der Waals surface area contributed by atoms with Gasteiger partial charge in [-0.3, -0.25) is 0 Å². The highest BCUT2D eigenvalue weighted by molar-refractivity contribution is 5.34. The van der Waals surface area contributed by atoms with Gasteiger partial charge in [-0.1, -0.05) is 0 Å². The summed E-state index contributed by atoms with van der Waals surface area (Å²) in [5.41, 5.74) is 7.90. The molecule has 1 aliphatic carbocycles. The molecule has 2 rings (SSSR count). The lowest BCUT2D eigenvalue weighted by Crippen LogP contribution is -2.15. The Morgan fingerprint density at radius 3 is 2.71 bits per heavy atom. The summed E-state index contributed by atoms with van der Waals surface area (Å²) in [6.07, 6.45) is 4.35. The number of hydrogen-bond acceptors (Lipinski definition) is 4. The monoisotopic (exact) mass is 192 g/mol. The number of rotatable bonds is 3. The van der Waals surface area contributed by atoms with Gasteiger partial charge in [-0.25, -0.2) is 9.97 Å². The van der Waals surface area contributed by atoms with E-state index >= 15 is 0 Å². The van der Waals surface area contributed by atoms with Crippen LogP contribution in [0.4, 0.5) is 5.95 Å². The van der Waals surface area contributed by atoms with Gasteiger partial charge >= 0.3 is 0 Å². The topological polar surface area (TPSA) is 55.0 Å². The third-order valence-corrected chi connectivity index (χ3v) is 2.47. The molecule has 1 aromatic rings. The van der Waals surface area contributed by atoms with Crippen molar-refractivity contribution in [1.82, 2.24) is 9.97 Å². The lowest BCUT2D eigenvalue weighted by molar-refractivity contribution is 0.880. The van der Waals surface area contributed by atoms with Gasteiger partial charge in [0.1, 0.15) is 0 Å². The quantitative estimate of drug-likeness (QED) is 0.772. The molecule has 0 aromatic carbocycles. The molecule has 1 heterocycles. The predicted molar refractivity (Wildman–Crippen MR) is 56.2 cm³/mol. The van der Waals surface area contributed by atoms with Crippen LogP contribution >= 0.6 is 0 Å². The van der Waals surface area contributed by atoms with Crippen LogP contribution in [0.5, 0.6) is 0 Å². The third kappa shape index (κ3) is 1.70. The summed E-state index contributed by atoms with van der Waals surface area (Å²) in [6, 6.07) is 0. The van der Waals surface area contributed by atoms with Gasteiger partial charge < -0.3 is 10.6 Å². The molecule has 0 spiro atoms. The third-order valence-electron chi connectivity index (χ3n) is 2.47. The fraction of sp³-hybridized carbons (Fsp3) is 0.600. The van der Waals surface area contributed by atoms with E-state index in [0.717, 1.165) is 17.2 Å². The van der Waals surface area contributed by atoms with Gasteiger partial charge in [0.2, 0.25) is 5.95 Å². The van der Waals surface area contributed by atoms with Crippen molar-refractivity contribution in [2.75, 3.05) is 19.0 Å². The zero-order valence-electron chi connectivity index (χ0n) is 8.70. The molecular formula is C10H16N4. The van der Waals surface area contributed by atoms with Crippen LogP contribution in [0.1, 0.15) is 30.0 Å². The molecule has 0 radical (unpaired) electrons. The standard InChI is InChI=1S/C10H16N4/c1-14(2)10-12-6-8(5-11)9(13-10)7-3-4-7/h6-7H,3-5,11H2,1-2H3. The zero-order chi connectivity index (χ0) is 10.1. The Labute approximate surface area is 84.2 Å². The highest BCUT2D eigenvalue weighted by Gasteiger charge is 2.27. The van der Waals surface area contributed by atoms with Gasteiger partial charge in [-0.05, 0) is 12.8 Å². The van der Waals surface area contributed by atoms with Crippen LogP contribution in [0.15, 0.2) is 6.20 Å². The molecule has 0 atom stereocenters. The Balaban J connectivity index is 2.36. The van der Waals surface area contributed by atoms with Gasteiger partial charge in [0.15, 0.2) is 0 Å². The molecule has 4 nitrogen and oxygen atoms in total. The second kappa shape index (κ2) is 3.53. The number of hydrogen-bond donors (Lipinski definition) is 1. The predicted octanol–water partition coefficient (Wildman–Crippen LogP) is 0.879. The summed E-state index contributed by atoms with van der Waals surface area (Å²) in [5.74, 6) is 1.42. The number of nitrogens with zero attached hydrogens (tertiary/aromatic N) is 3. The van der Waals surface area contributed by atoms with Crippen molar-refractivity contribution in [2.45, 2.75) is 25.3 Å².